The van der Waals surface area contributed by atoms with Crippen LogP contribution in [-0.2, 0) is 10.0 Å². The van der Waals surface area contributed by atoms with Crippen molar-refractivity contribution in [1.29, 1.82) is 0 Å². The van der Waals surface area contributed by atoms with Gasteiger partial charge in [-0.15, -0.1) is 28.2 Å². The van der Waals surface area contributed by atoms with Crippen LogP contribution in [0.4, 0.5) is 0 Å². The number of benzene rings is 1. The van der Waals surface area contributed by atoms with E-state index in [2.05, 4.69) is 15.7 Å². The first-order valence-electron chi connectivity index (χ1n) is 6.00. The predicted octanol–water partition coefficient (Wildman–Crippen LogP) is 1.80. The van der Waals surface area contributed by atoms with Crippen LogP contribution in [0.5, 0.6) is 0 Å². The number of thioether (sulfide) groups is 1. The number of hydrogen-bond acceptors (Lipinski definition) is 5. The molecule has 1 aromatic rings. The highest BCUT2D eigenvalue weighted by Crippen LogP contribution is 2.15. The Bertz CT molecular complexity index is 651. The summed E-state index contributed by atoms with van der Waals surface area (Å²) < 4.78 is 24.5. The first-order chi connectivity index (χ1) is 9.53. The van der Waals surface area contributed by atoms with Gasteiger partial charge in [-0.2, -0.15) is 0 Å². The number of sulfonamides is 1. The summed E-state index contributed by atoms with van der Waals surface area (Å²) in [5.41, 5.74) is 1.01. The number of hydrazine groups is 1. The molecule has 2 rings (SSSR count). The summed E-state index contributed by atoms with van der Waals surface area (Å²) in [5, 5.41) is 2.13. The second kappa shape index (κ2) is 7.84. The van der Waals surface area contributed by atoms with Crippen molar-refractivity contribution in [1.82, 2.24) is 9.84 Å². The van der Waals surface area contributed by atoms with E-state index in [0.717, 1.165) is 5.56 Å². The van der Waals surface area contributed by atoms with Gasteiger partial charge in [-0.25, -0.2) is 8.42 Å². The van der Waals surface area contributed by atoms with Crippen LogP contribution in [0.2, 0.25) is 0 Å². The maximum Gasteiger partial charge on any atom is 0.257 e. The molecule has 1 aromatic carbocycles. The minimum atomic E-state index is -3.59. The molecule has 0 atom stereocenters. The average Bonchev–Trinajstić information content (AvgIpc) is 2.83. The molecule has 0 aliphatic carbocycles. The smallest absolute Gasteiger partial charge is 0.257 e. The molecule has 1 N–H and O–H groups in total. The lowest BCUT2D eigenvalue weighted by Gasteiger charge is -2.20. The predicted molar refractivity (Wildman–Crippen MR) is 92.1 cm³/mol. The molecule has 21 heavy (non-hydrogen) atoms. The van der Waals surface area contributed by atoms with E-state index in [0.29, 0.717) is 24.0 Å². The Hall–Kier alpha value is -1.01. The summed E-state index contributed by atoms with van der Waals surface area (Å²) >= 11 is 1.34. The lowest BCUT2D eigenvalue weighted by atomic mass is 10.2. The van der Waals surface area contributed by atoms with Crippen LogP contribution in [0.1, 0.15) is 5.56 Å². The highest BCUT2D eigenvalue weighted by atomic mass is 79.9. The molecule has 1 aliphatic heterocycles. The average molecular weight is 390 g/mol. The van der Waals surface area contributed by atoms with Crippen LogP contribution in [0.25, 0.3) is 0 Å². The molecule has 0 aromatic heterocycles. The molecule has 0 spiro atoms. The Balaban J connectivity index is 0.00000220. The Morgan fingerprint density at radius 1 is 1.43 bits per heavy atom. The number of rotatable bonds is 4. The molecule has 0 saturated carbocycles. The number of hydrogen-bond donors (Lipinski definition) is 1. The molecular formula is C13H16BrN3O2S2. The lowest BCUT2D eigenvalue weighted by molar-refractivity contribution is 0.415. The third kappa shape index (κ3) is 4.74. The fourth-order valence-corrected chi connectivity index (χ4v) is 3.47. The van der Waals surface area contributed by atoms with Crippen LogP contribution in [0.3, 0.4) is 0 Å². The van der Waals surface area contributed by atoms with Crippen molar-refractivity contribution < 1.29 is 8.42 Å². The van der Waals surface area contributed by atoms with E-state index in [-0.39, 0.29) is 21.9 Å². The van der Waals surface area contributed by atoms with E-state index in [1.54, 1.807) is 24.3 Å². The van der Waals surface area contributed by atoms with Crippen LogP contribution >= 0.6 is 28.7 Å². The molecule has 8 heteroatoms. The van der Waals surface area contributed by atoms with Gasteiger partial charge in [-0.1, -0.05) is 35.4 Å². The van der Waals surface area contributed by atoms with Crippen molar-refractivity contribution in [3.8, 4) is 12.3 Å². The molecule has 1 heterocycles. The van der Waals surface area contributed by atoms with Gasteiger partial charge in [0, 0.05) is 0 Å². The van der Waals surface area contributed by atoms with Crippen LogP contribution in [-0.4, -0.2) is 37.4 Å². The van der Waals surface area contributed by atoms with Crippen molar-refractivity contribution >= 4 is 43.9 Å². The molecule has 1 aliphatic rings. The molecule has 0 fully saturated rings. The van der Waals surface area contributed by atoms with Gasteiger partial charge in [0.05, 0.1) is 23.7 Å². The molecule has 5 nitrogen and oxygen atoms in total. The topological polar surface area (TPSA) is 61.8 Å². The van der Waals surface area contributed by atoms with Gasteiger partial charge in [-0.05, 0) is 19.1 Å². The van der Waals surface area contributed by atoms with Crippen LogP contribution in [0, 0.1) is 19.3 Å². The van der Waals surface area contributed by atoms with Crippen molar-refractivity contribution in [2.24, 2.45) is 4.99 Å². The fraction of sp³-hybridized carbons (Fsp3) is 0.308. The first-order valence-corrected chi connectivity index (χ1v) is 8.47. The number of aliphatic imine (C=N–C) groups is 1. The number of amidine groups is 1. The molecule has 0 radical (unpaired) electrons. The van der Waals surface area contributed by atoms with Crippen LogP contribution < -0.4 is 4.83 Å². The quantitative estimate of drug-likeness (QED) is 0.797. The minimum absolute atomic E-state index is 0. The number of terminal acetylenes is 1. The van der Waals surface area contributed by atoms with Gasteiger partial charge in [0.1, 0.15) is 0 Å². The third-order valence-electron chi connectivity index (χ3n) is 2.65. The Morgan fingerprint density at radius 3 is 2.71 bits per heavy atom. The van der Waals surface area contributed by atoms with E-state index in [9.17, 15) is 8.42 Å². The van der Waals surface area contributed by atoms with Gasteiger partial charge < -0.3 is 0 Å². The Kier molecular flexibility index (Phi) is 6.74. The van der Waals surface area contributed by atoms with Crippen LogP contribution in [0.15, 0.2) is 34.2 Å². The molecule has 0 amide bonds. The minimum Gasteiger partial charge on any atom is -0.271 e. The second-order valence-electron chi connectivity index (χ2n) is 4.22. The summed E-state index contributed by atoms with van der Waals surface area (Å²) in [4.78, 5) is 7.00. The maximum atomic E-state index is 12.3. The summed E-state index contributed by atoms with van der Waals surface area (Å²) in [5.74, 6) is 2.95. The summed E-state index contributed by atoms with van der Waals surface area (Å²) in [7, 11) is -3.59. The van der Waals surface area contributed by atoms with Gasteiger partial charge in [0.15, 0.2) is 5.17 Å². The molecular weight excluding hydrogens is 374 g/mol. The van der Waals surface area contributed by atoms with Gasteiger partial charge in [0.25, 0.3) is 10.0 Å². The number of halogens is 1. The maximum absolute atomic E-state index is 12.3. The fourth-order valence-electron chi connectivity index (χ4n) is 1.66. The highest BCUT2D eigenvalue weighted by Gasteiger charge is 2.23. The van der Waals surface area contributed by atoms with Gasteiger partial charge >= 0.3 is 0 Å². The van der Waals surface area contributed by atoms with Crippen molar-refractivity contribution in [3.05, 3.63) is 29.8 Å². The van der Waals surface area contributed by atoms with E-state index >= 15 is 0 Å². The highest BCUT2D eigenvalue weighted by molar-refractivity contribution is 8.93. The Labute approximate surface area is 140 Å². The first kappa shape index (κ1) is 18.0. The zero-order valence-electron chi connectivity index (χ0n) is 11.4. The Morgan fingerprint density at radius 2 is 2.10 bits per heavy atom. The van der Waals surface area contributed by atoms with Crippen molar-refractivity contribution in [2.45, 2.75) is 11.8 Å². The largest absolute Gasteiger partial charge is 0.271 e. The number of nitrogens with one attached hydrogen (secondary N) is 1. The third-order valence-corrected chi connectivity index (χ3v) is 4.92. The van der Waals surface area contributed by atoms with Crippen molar-refractivity contribution in [3.63, 3.8) is 0 Å². The normalized spacial score (nSPS) is 14.3. The number of nitrogens with zero attached hydrogens (tertiary/aromatic N) is 2. The number of aryl methyl sites for hydroxylation is 1. The molecule has 114 valence electrons. The van der Waals surface area contributed by atoms with E-state index in [1.807, 2.05) is 6.92 Å². The lowest BCUT2D eigenvalue weighted by Crippen LogP contribution is -2.43. The van der Waals surface area contributed by atoms with E-state index in [4.69, 9.17) is 6.42 Å². The van der Waals surface area contributed by atoms with Gasteiger partial charge in [-0.3, -0.25) is 10.0 Å². The second-order valence-corrected chi connectivity index (χ2v) is 6.82. The monoisotopic (exact) mass is 389 g/mol. The SMILES string of the molecule is Br.C#CCSC1=NCCN1NS(=O)(=O)c1ccc(C)cc1. The van der Waals surface area contributed by atoms with E-state index in [1.165, 1.54) is 16.8 Å². The zero-order chi connectivity index (χ0) is 14.6. The summed E-state index contributed by atoms with van der Waals surface area (Å²) in [6.07, 6.45) is 5.20. The molecule has 0 unspecified atom stereocenters. The summed E-state index contributed by atoms with van der Waals surface area (Å²) in [6, 6.07) is 6.69. The standard InChI is InChI=1S/C13H15N3O2S2.BrH/c1-3-10-19-13-14-8-9-16(13)15-20(17,18)12-6-4-11(2)5-7-12;/h1,4-7,15H,8-10H2,2H3;1H. The molecule has 0 saturated heterocycles. The van der Waals surface area contributed by atoms with E-state index < -0.39 is 10.0 Å². The van der Waals surface area contributed by atoms with Crippen molar-refractivity contribution in [2.75, 3.05) is 18.8 Å². The zero-order valence-corrected chi connectivity index (χ0v) is 14.8. The molecule has 0 bridgehead atoms. The van der Waals surface area contributed by atoms with Gasteiger partial charge in [0.2, 0.25) is 0 Å². The summed E-state index contributed by atoms with van der Waals surface area (Å²) in [6.45, 7) is 2.98.